The Kier molecular flexibility index (Phi) is 2.31. The lowest BCUT2D eigenvalue weighted by Crippen LogP contribution is -1.85. The quantitative estimate of drug-likeness (QED) is 0.786. The average Bonchev–Trinajstić information content (AvgIpc) is 2.46. The van der Waals surface area contributed by atoms with Crippen molar-refractivity contribution >= 4 is 27.9 Å². The fraction of sp³-hybridized carbons (Fsp3) is 0. The van der Waals surface area contributed by atoms with Gasteiger partial charge in [-0.25, -0.2) is 4.98 Å². The number of aromatic nitrogens is 1. The molecule has 0 unspecified atom stereocenters. The number of hydrogen-bond donors (Lipinski definition) is 2. The standard InChI is InChI=1S/C9H7ClN2OS/c10-9-12-7(8(11)14-9)5-3-1-2-4-6(5)13/h1-4,13H,11H2. The number of halogens is 1. The van der Waals surface area contributed by atoms with Crippen LogP contribution >= 0.6 is 22.9 Å². The first-order chi connectivity index (χ1) is 6.68. The van der Waals surface area contributed by atoms with Gasteiger partial charge in [0.2, 0.25) is 0 Å². The van der Waals surface area contributed by atoms with Gasteiger partial charge in [-0.2, -0.15) is 0 Å². The Morgan fingerprint density at radius 2 is 2.07 bits per heavy atom. The summed E-state index contributed by atoms with van der Waals surface area (Å²) >= 11 is 6.91. The zero-order valence-electron chi connectivity index (χ0n) is 7.07. The van der Waals surface area contributed by atoms with Crippen LogP contribution in [0.15, 0.2) is 24.3 Å². The first kappa shape index (κ1) is 9.30. The molecule has 3 N–H and O–H groups in total. The zero-order valence-corrected chi connectivity index (χ0v) is 8.64. The largest absolute Gasteiger partial charge is 0.507 e. The maximum Gasteiger partial charge on any atom is 0.186 e. The van der Waals surface area contributed by atoms with E-state index in [0.717, 1.165) is 0 Å². The molecule has 2 aromatic rings. The van der Waals surface area contributed by atoms with Crippen LogP contribution in [-0.4, -0.2) is 10.1 Å². The number of nitrogens with zero attached hydrogens (tertiary/aromatic N) is 1. The van der Waals surface area contributed by atoms with Crippen LogP contribution in [-0.2, 0) is 0 Å². The second-order valence-corrected chi connectivity index (χ2v) is 4.31. The summed E-state index contributed by atoms with van der Waals surface area (Å²) in [5, 5.41) is 10.1. The van der Waals surface area contributed by atoms with E-state index in [0.29, 0.717) is 20.7 Å². The third-order valence-corrected chi connectivity index (χ3v) is 2.78. The van der Waals surface area contributed by atoms with Crippen LogP contribution in [0.1, 0.15) is 0 Å². The summed E-state index contributed by atoms with van der Waals surface area (Å²) in [4.78, 5) is 4.04. The molecule has 0 amide bonds. The van der Waals surface area contributed by atoms with E-state index >= 15 is 0 Å². The molecule has 14 heavy (non-hydrogen) atoms. The highest BCUT2D eigenvalue weighted by molar-refractivity contribution is 7.19. The molecule has 3 nitrogen and oxygen atoms in total. The highest BCUT2D eigenvalue weighted by Gasteiger charge is 2.12. The van der Waals surface area contributed by atoms with Gasteiger partial charge in [0.1, 0.15) is 16.4 Å². The average molecular weight is 227 g/mol. The number of phenolic OH excluding ortho intramolecular Hbond substituents is 1. The van der Waals surface area contributed by atoms with Crippen molar-refractivity contribution in [3.63, 3.8) is 0 Å². The van der Waals surface area contributed by atoms with Crippen molar-refractivity contribution in [3.8, 4) is 17.0 Å². The maximum atomic E-state index is 9.56. The molecule has 0 saturated carbocycles. The van der Waals surface area contributed by atoms with E-state index in [9.17, 15) is 5.11 Å². The predicted octanol–water partition coefficient (Wildman–Crippen LogP) is 2.75. The summed E-state index contributed by atoms with van der Waals surface area (Å²) in [6.07, 6.45) is 0. The summed E-state index contributed by atoms with van der Waals surface area (Å²) in [5.41, 5.74) is 6.85. The van der Waals surface area contributed by atoms with Gasteiger partial charge < -0.3 is 10.8 Å². The Labute approximate surface area is 89.8 Å². The van der Waals surface area contributed by atoms with Gasteiger partial charge >= 0.3 is 0 Å². The van der Waals surface area contributed by atoms with Crippen molar-refractivity contribution in [1.29, 1.82) is 0 Å². The van der Waals surface area contributed by atoms with Crippen molar-refractivity contribution in [3.05, 3.63) is 28.7 Å². The van der Waals surface area contributed by atoms with Crippen molar-refractivity contribution in [2.45, 2.75) is 0 Å². The van der Waals surface area contributed by atoms with E-state index in [1.165, 1.54) is 11.3 Å². The Hall–Kier alpha value is -1.26. The Morgan fingerprint density at radius 1 is 1.36 bits per heavy atom. The molecule has 72 valence electrons. The number of thiazole rings is 1. The topological polar surface area (TPSA) is 59.1 Å². The monoisotopic (exact) mass is 226 g/mol. The van der Waals surface area contributed by atoms with E-state index in [1.807, 2.05) is 6.07 Å². The van der Waals surface area contributed by atoms with Crippen LogP contribution in [0.4, 0.5) is 5.00 Å². The van der Waals surface area contributed by atoms with Gasteiger partial charge in [-0.3, -0.25) is 0 Å². The molecule has 0 atom stereocenters. The molecule has 1 aromatic carbocycles. The number of aromatic hydroxyl groups is 1. The molecule has 1 heterocycles. The summed E-state index contributed by atoms with van der Waals surface area (Å²) in [6, 6.07) is 6.88. The third-order valence-electron chi connectivity index (χ3n) is 1.79. The predicted molar refractivity (Wildman–Crippen MR) is 58.6 cm³/mol. The van der Waals surface area contributed by atoms with E-state index in [1.54, 1.807) is 18.2 Å². The Bertz CT molecular complexity index is 470. The van der Waals surface area contributed by atoms with Crippen molar-refractivity contribution in [1.82, 2.24) is 4.98 Å². The van der Waals surface area contributed by atoms with E-state index in [4.69, 9.17) is 17.3 Å². The Morgan fingerprint density at radius 3 is 2.64 bits per heavy atom. The van der Waals surface area contributed by atoms with Gasteiger partial charge in [-0.1, -0.05) is 35.1 Å². The number of benzene rings is 1. The number of phenols is 1. The highest BCUT2D eigenvalue weighted by atomic mass is 35.5. The minimum Gasteiger partial charge on any atom is -0.507 e. The van der Waals surface area contributed by atoms with Crippen LogP contribution in [0.2, 0.25) is 4.47 Å². The number of hydrogen-bond acceptors (Lipinski definition) is 4. The lowest BCUT2D eigenvalue weighted by molar-refractivity contribution is 0.477. The molecule has 0 bridgehead atoms. The van der Waals surface area contributed by atoms with Crippen molar-refractivity contribution < 1.29 is 5.11 Å². The molecule has 0 saturated heterocycles. The molecule has 0 aliphatic heterocycles. The second kappa shape index (κ2) is 3.48. The summed E-state index contributed by atoms with van der Waals surface area (Å²) in [7, 11) is 0. The molecule has 0 aliphatic rings. The fourth-order valence-electron chi connectivity index (χ4n) is 1.17. The molecular formula is C9H7ClN2OS. The lowest BCUT2D eigenvalue weighted by atomic mass is 10.1. The summed E-state index contributed by atoms with van der Waals surface area (Å²) in [5.74, 6) is 0.154. The normalized spacial score (nSPS) is 10.4. The number of anilines is 1. The van der Waals surface area contributed by atoms with E-state index in [-0.39, 0.29) is 5.75 Å². The van der Waals surface area contributed by atoms with Crippen LogP contribution in [0.3, 0.4) is 0 Å². The molecule has 2 rings (SSSR count). The lowest BCUT2D eigenvalue weighted by Gasteiger charge is -2.00. The maximum absolute atomic E-state index is 9.56. The van der Waals surface area contributed by atoms with Gasteiger partial charge in [0.15, 0.2) is 4.47 Å². The van der Waals surface area contributed by atoms with Gasteiger partial charge in [0.25, 0.3) is 0 Å². The van der Waals surface area contributed by atoms with Crippen LogP contribution in [0.25, 0.3) is 11.3 Å². The SMILES string of the molecule is Nc1sc(Cl)nc1-c1ccccc1O. The van der Waals surface area contributed by atoms with E-state index < -0.39 is 0 Å². The third kappa shape index (κ3) is 1.54. The van der Waals surface area contributed by atoms with E-state index in [2.05, 4.69) is 4.98 Å². The molecule has 0 spiro atoms. The molecule has 1 aromatic heterocycles. The Balaban J connectivity index is 2.60. The first-order valence-corrected chi connectivity index (χ1v) is 5.08. The number of rotatable bonds is 1. The van der Waals surface area contributed by atoms with Crippen molar-refractivity contribution in [2.24, 2.45) is 0 Å². The highest BCUT2D eigenvalue weighted by Crippen LogP contribution is 2.36. The minimum atomic E-state index is 0.154. The molecule has 5 heteroatoms. The van der Waals surface area contributed by atoms with Gasteiger partial charge in [-0.05, 0) is 12.1 Å². The van der Waals surface area contributed by atoms with Gasteiger partial charge in [0.05, 0.1) is 0 Å². The van der Waals surface area contributed by atoms with Crippen LogP contribution in [0.5, 0.6) is 5.75 Å². The zero-order chi connectivity index (χ0) is 10.1. The van der Waals surface area contributed by atoms with Gasteiger partial charge in [0, 0.05) is 5.56 Å². The van der Waals surface area contributed by atoms with Crippen molar-refractivity contribution in [2.75, 3.05) is 5.73 Å². The molecule has 0 fully saturated rings. The molecule has 0 radical (unpaired) electrons. The molecular weight excluding hydrogens is 220 g/mol. The van der Waals surface area contributed by atoms with Gasteiger partial charge in [-0.15, -0.1) is 0 Å². The number of nitrogens with two attached hydrogens (primary N) is 1. The van der Waals surface area contributed by atoms with Crippen LogP contribution < -0.4 is 5.73 Å². The first-order valence-electron chi connectivity index (χ1n) is 3.88. The summed E-state index contributed by atoms with van der Waals surface area (Å²) in [6.45, 7) is 0. The smallest absolute Gasteiger partial charge is 0.186 e. The van der Waals surface area contributed by atoms with Crippen LogP contribution in [0, 0.1) is 0 Å². The minimum absolute atomic E-state index is 0.154. The molecule has 0 aliphatic carbocycles. The number of nitrogen functional groups attached to an aromatic ring is 1. The number of para-hydroxylation sites is 1. The fourth-order valence-corrected chi connectivity index (χ4v) is 2.08. The second-order valence-electron chi connectivity index (χ2n) is 2.70. The summed E-state index contributed by atoms with van der Waals surface area (Å²) < 4.78 is 0.376.